The topological polar surface area (TPSA) is 135 Å². The fourth-order valence-electron chi connectivity index (χ4n) is 5.84. The van der Waals surface area contributed by atoms with Crippen LogP contribution in [0.3, 0.4) is 0 Å². The van der Waals surface area contributed by atoms with Crippen molar-refractivity contribution >= 4 is 22.8 Å². The zero-order valence-electron chi connectivity index (χ0n) is 23.6. The number of hydrogen-bond acceptors (Lipinski definition) is 8. The van der Waals surface area contributed by atoms with E-state index in [-0.39, 0.29) is 58.6 Å². The van der Waals surface area contributed by atoms with E-state index < -0.39 is 17.5 Å². The Kier molecular flexibility index (Phi) is 8.17. The summed E-state index contributed by atoms with van der Waals surface area (Å²) in [6, 6.07) is 9.14. The largest absolute Gasteiger partial charge is 0.454 e. The minimum absolute atomic E-state index is 0.0466. The molecule has 3 N–H and O–H groups in total. The van der Waals surface area contributed by atoms with E-state index in [1.165, 1.54) is 30.6 Å². The van der Waals surface area contributed by atoms with Gasteiger partial charge in [-0.1, -0.05) is 12.1 Å². The lowest BCUT2D eigenvalue weighted by Crippen LogP contribution is -2.39. The van der Waals surface area contributed by atoms with Gasteiger partial charge in [-0.3, -0.25) is 4.79 Å². The van der Waals surface area contributed by atoms with E-state index in [1.54, 1.807) is 15.7 Å². The van der Waals surface area contributed by atoms with Gasteiger partial charge in [0.05, 0.1) is 18.0 Å². The van der Waals surface area contributed by atoms with Gasteiger partial charge in [0.1, 0.15) is 41.0 Å². The van der Waals surface area contributed by atoms with Gasteiger partial charge in [-0.15, -0.1) is 0 Å². The molecule has 6 rings (SSSR count). The summed E-state index contributed by atoms with van der Waals surface area (Å²) in [7, 11) is 0. The predicted molar refractivity (Wildman–Crippen MR) is 156 cm³/mol. The Morgan fingerprint density at radius 2 is 1.95 bits per heavy atom. The van der Waals surface area contributed by atoms with Gasteiger partial charge in [0.2, 0.25) is 5.82 Å². The van der Waals surface area contributed by atoms with E-state index in [4.69, 9.17) is 10.5 Å². The Hall–Kier alpha value is -4.96. The number of fused-ring (bicyclic) bond motifs is 1. The lowest BCUT2D eigenvalue weighted by atomic mass is 9.95. The average molecular weight is 603 g/mol. The van der Waals surface area contributed by atoms with Gasteiger partial charge in [0.15, 0.2) is 17.2 Å². The quantitative estimate of drug-likeness (QED) is 0.229. The molecular formula is C31H29F3N8O2. The third-order valence-corrected chi connectivity index (χ3v) is 8.06. The van der Waals surface area contributed by atoms with Gasteiger partial charge in [-0.05, 0) is 69.0 Å². The minimum atomic E-state index is -1.19. The van der Waals surface area contributed by atoms with Crippen molar-refractivity contribution in [3.63, 3.8) is 0 Å². The number of allylic oxidation sites excluding steroid dienone is 1. The molecule has 44 heavy (non-hydrogen) atoms. The number of nitrogens with two attached hydrogens (primary N) is 1. The normalized spacial score (nSPS) is 17.6. The maximum absolute atomic E-state index is 15.5. The van der Waals surface area contributed by atoms with Crippen LogP contribution in [0.4, 0.5) is 19.0 Å². The second-order valence-corrected chi connectivity index (χ2v) is 10.9. The van der Waals surface area contributed by atoms with Crippen molar-refractivity contribution in [2.75, 3.05) is 25.4 Å². The number of amides is 1. The number of carbonyl (C=O) groups is 1. The molecule has 2 aliphatic rings. The highest BCUT2D eigenvalue weighted by Crippen LogP contribution is 2.35. The molecule has 2 saturated heterocycles. The van der Waals surface area contributed by atoms with Crippen LogP contribution in [0.15, 0.2) is 54.4 Å². The first-order chi connectivity index (χ1) is 21.3. The summed E-state index contributed by atoms with van der Waals surface area (Å²) in [6.45, 7) is 2.44. The maximum Gasteiger partial charge on any atom is 0.264 e. The monoisotopic (exact) mass is 602 g/mol. The van der Waals surface area contributed by atoms with Crippen LogP contribution in [0.25, 0.3) is 22.3 Å². The van der Waals surface area contributed by atoms with Gasteiger partial charge in [-0.25, -0.2) is 23.4 Å². The number of rotatable bonds is 7. The van der Waals surface area contributed by atoms with Crippen molar-refractivity contribution < 1.29 is 22.7 Å². The van der Waals surface area contributed by atoms with Gasteiger partial charge in [0.25, 0.3) is 5.91 Å². The van der Waals surface area contributed by atoms with Crippen LogP contribution in [0, 0.1) is 34.7 Å². The first kappa shape index (κ1) is 29.1. The molecule has 2 aromatic heterocycles. The number of halogens is 3. The highest BCUT2D eigenvalue weighted by atomic mass is 19.2. The zero-order valence-corrected chi connectivity index (χ0v) is 23.6. The molecule has 2 aromatic carbocycles. The number of nitriles is 1. The third kappa shape index (κ3) is 5.68. The molecule has 4 heterocycles. The van der Waals surface area contributed by atoms with Gasteiger partial charge in [0, 0.05) is 18.2 Å². The molecule has 0 saturated carbocycles. The summed E-state index contributed by atoms with van der Waals surface area (Å²) in [5.41, 5.74) is 6.96. The molecule has 0 spiro atoms. The number of anilines is 1. The van der Waals surface area contributed by atoms with E-state index in [9.17, 15) is 18.8 Å². The van der Waals surface area contributed by atoms with Gasteiger partial charge >= 0.3 is 0 Å². The van der Waals surface area contributed by atoms with Crippen molar-refractivity contribution in [2.45, 2.75) is 38.3 Å². The van der Waals surface area contributed by atoms with Crippen LogP contribution >= 0.6 is 0 Å². The van der Waals surface area contributed by atoms with Crippen molar-refractivity contribution in [3.8, 4) is 28.8 Å². The molecular weight excluding hydrogens is 573 g/mol. The van der Waals surface area contributed by atoms with Crippen LogP contribution < -0.4 is 15.8 Å². The van der Waals surface area contributed by atoms with Crippen molar-refractivity contribution in [2.24, 2.45) is 5.92 Å². The molecule has 0 radical (unpaired) electrons. The van der Waals surface area contributed by atoms with Crippen LogP contribution in [0.1, 0.15) is 25.7 Å². The Balaban J connectivity index is 1.29. The number of carbonyl (C=O) groups excluding carboxylic acids is 1. The smallest absolute Gasteiger partial charge is 0.264 e. The molecule has 0 bridgehead atoms. The molecule has 0 unspecified atom stereocenters. The molecule has 0 aliphatic carbocycles. The number of hydrogen-bond donors (Lipinski definition) is 2. The van der Waals surface area contributed by atoms with Crippen LogP contribution in [-0.4, -0.2) is 56.2 Å². The lowest BCUT2D eigenvalue weighted by Gasteiger charge is -2.25. The van der Waals surface area contributed by atoms with E-state index in [0.29, 0.717) is 24.0 Å². The summed E-state index contributed by atoms with van der Waals surface area (Å²) < 4.78 is 50.2. The molecule has 2 aliphatic heterocycles. The molecule has 1 amide bonds. The Morgan fingerprint density at radius 3 is 2.73 bits per heavy atom. The fraction of sp³-hybridized carbons (Fsp3) is 0.323. The summed E-state index contributed by atoms with van der Waals surface area (Å²) in [5.74, 6) is -3.49. The summed E-state index contributed by atoms with van der Waals surface area (Å²) in [6.07, 6.45) is 6.27. The number of aromatic nitrogens is 4. The molecule has 10 nitrogen and oxygen atoms in total. The molecule has 226 valence electrons. The SMILES string of the molecule is N#CC(=CC1CCNCC1)C(=O)N1CCC[C@H]1Cn1nc(-c2ccc(Oc3cccc(F)c3F)cc2F)c2c(N)ncnc21. The van der Waals surface area contributed by atoms with Crippen LogP contribution in [-0.2, 0) is 11.3 Å². The Labute approximate surface area is 250 Å². The standard InChI is InChI=1S/C31H29F3N8O2/c32-23-4-1-5-25(27(23)34)44-21-6-7-22(24(33)14-21)28-26-29(36)38-17-39-30(26)42(40-28)16-20-3-2-12-41(20)31(43)19(15-35)13-18-8-10-37-11-9-18/h1,4-7,13-14,17-18,20,37H,2-3,8-12,16H2,(H2,36,38,39)/t20-/m0/s1. The molecule has 1 atom stereocenters. The van der Waals surface area contributed by atoms with E-state index in [0.717, 1.165) is 44.5 Å². The highest BCUT2D eigenvalue weighted by Gasteiger charge is 2.33. The number of nitrogens with zero attached hydrogens (tertiary/aromatic N) is 6. The average Bonchev–Trinajstić information content (AvgIpc) is 3.64. The summed E-state index contributed by atoms with van der Waals surface area (Å²) in [5, 5.41) is 18.1. The van der Waals surface area contributed by atoms with Crippen LogP contribution in [0.5, 0.6) is 11.5 Å². The van der Waals surface area contributed by atoms with Crippen molar-refractivity contribution in [1.29, 1.82) is 5.26 Å². The third-order valence-electron chi connectivity index (χ3n) is 8.06. The van der Waals surface area contributed by atoms with E-state index in [1.807, 2.05) is 0 Å². The van der Waals surface area contributed by atoms with Crippen molar-refractivity contribution in [1.82, 2.24) is 30.0 Å². The number of likely N-dealkylation sites (tertiary alicyclic amines) is 1. The van der Waals surface area contributed by atoms with Crippen molar-refractivity contribution in [3.05, 3.63) is 71.8 Å². The number of ether oxygens (including phenoxy) is 1. The molecule has 4 aromatic rings. The number of piperidine rings is 1. The fourth-order valence-corrected chi connectivity index (χ4v) is 5.84. The second-order valence-electron chi connectivity index (χ2n) is 10.9. The first-order valence-electron chi connectivity index (χ1n) is 14.4. The zero-order chi connectivity index (χ0) is 30.8. The summed E-state index contributed by atoms with van der Waals surface area (Å²) in [4.78, 5) is 23.6. The highest BCUT2D eigenvalue weighted by molar-refractivity contribution is 5.99. The summed E-state index contributed by atoms with van der Waals surface area (Å²) >= 11 is 0. The number of nitrogen functional groups attached to an aromatic ring is 1. The number of nitrogens with one attached hydrogen (secondary N) is 1. The first-order valence-corrected chi connectivity index (χ1v) is 14.4. The maximum atomic E-state index is 15.5. The predicted octanol–water partition coefficient (Wildman–Crippen LogP) is 4.73. The Bertz CT molecular complexity index is 1790. The lowest BCUT2D eigenvalue weighted by molar-refractivity contribution is -0.127. The van der Waals surface area contributed by atoms with Gasteiger partial charge < -0.3 is 20.7 Å². The van der Waals surface area contributed by atoms with E-state index >= 15 is 4.39 Å². The second kappa shape index (κ2) is 12.3. The van der Waals surface area contributed by atoms with Crippen LogP contribution in [0.2, 0.25) is 0 Å². The molecule has 13 heteroatoms. The van der Waals surface area contributed by atoms with Gasteiger partial charge in [-0.2, -0.15) is 14.8 Å². The molecule has 2 fully saturated rings. The van der Waals surface area contributed by atoms with E-state index in [2.05, 4.69) is 26.5 Å². The Morgan fingerprint density at radius 1 is 1.14 bits per heavy atom. The number of benzene rings is 2. The minimum Gasteiger partial charge on any atom is -0.454 e.